The number of halogens is 4. The van der Waals surface area contributed by atoms with Gasteiger partial charge in [-0.2, -0.15) is 0 Å². The number of hydrogen-bond donors (Lipinski definition) is 2. The van der Waals surface area contributed by atoms with Crippen molar-refractivity contribution in [2.24, 2.45) is 0 Å². The normalized spacial score (nSPS) is 9.64. The van der Waals surface area contributed by atoms with Crippen molar-refractivity contribution in [2.75, 3.05) is 6.61 Å². The summed E-state index contributed by atoms with van der Waals surface area (Å²) in [4.78, 5) is 10.1. The lowest BCUT2D eigenvalue weighted by atomic mass is 10.3. The van der Waals surface area contributed by atoms with Gasteiger partial charge in [-0.25, -0.2) is 13.6 Å². The first-order chi connectivity index (χ1) is 10.3. The summed E-state index contributed by atoms with van der Waals surface area (Å²) in [6.45, 7) is -0.440. The van der Waals surface area contributed by atoms with Gasteiger partial charge in [0.1, 0.15) is 23.1 Å². The number of ether oxygens (including phenoxy) is 1. The van der Waals surface area contributed by atoms with Crippen LogP contribution in [0.4, 0.5) is 8.78 Å². The van der Waals surface area contributed by atoms with Crippen molar-refractivity contribution in [3.05, 3.63) is 57.0 Å². The second-order valence-corrected chi connectivity index (χ2v) is 5.56. The average molecular weight is 440 g/mol. The number of hydrogen-bond acceptors (Lipinski definition) is 3. The number of aromatic hydroxyl groups is 1. The summed E-state index contributed by atoms with van der Waals surface area (Å²) in [6.07, 6.45) is 0. The highest BCUT2D eigenvalue weighted by Crippen LogP contribution is 2.25. The first kappa shape index (κ1) is 18.4. The Kier molecular flexibility index (Phi) is 7.26. The predicted molar refractivity (Wildman–Crippen MR) is 83.0 cm³/mol. The van der Waals surface area contributed by atoms with Gasteiger partial charge in [-0.15, -0.1) is 0 Å². The molecule has 0 bridgehead atoms. The first-order valence-electron chi connectivity index (χ1n) is 5.73. The Bertz CT molecular complexity index is 665. The lowest BCUT2D eigenvalue weighted by molar-refractivity contribution is -0.139. The smallest absolute Gasteiger partial charge is 0.341 e. The molecule has 0 aliphatic rings. The lowest BCUT2D eigenvalue weighted by Gasteiger charge is -2.04. The van der Waals surface area contributed by atoms with Crippen LogP contribution >= 0.6 is 31.9 Å². The summed E-state index contributed by atoms with van der Waals surface area (Å²) in [5.74, 6) is -1.48. The molecule has 0 amide bonds. The molecule has 4 nitrogen and oxygen atoms in total. The molecule has 22 heavy (non-hydrogen) atoms. The zero-order chi connectivity index (χ0) is 16.7. The largest absolute Gasteiger partial charge is 0.507 e. The van der Waals surface area contributed by atoms with Crippen LogP contribution < -0.4 is 4.74 Å². The molecule has 0 aliphatic carbocycles. The second-order valence-electron chi connectivity index (χ2n) is 3.85. The van der Waals surface area contributed by atoms with Gasteiger partial charge in [-0.1, -0.05) is 0 Å². The van der Waals surface area contributed by atoms with Gasteiger partial charge in [0, 0.05) is 0 Å². The standard InChI is InChI=1S/C8H6BrFO3.C6H4BrFO/c9-6-3-5(10)1-2-7(6)13-4-8(11)12;7-5-3-4(8)1-2-6(5)9/h1-3H,4H2,(H,11,12);1-3,9H. The van der Waals surface area contributed by atoms with Gasteiger partial charge in [-0.05, 0) is 68.3 Å². The number of phenolic OH excluding ortho intramolecular Hbond substituents is 1. The number of carbonyl (C=O) groups is 1. The van der Waals surface area contributed by atoms with Crippen LogP contribution in [-0.4, -0.2) is 22.8 Å². The molecule has 0 radical (unpaired) electrons. The summed E-state index contributed by atoms with van der Waals surface area (Å²) >= 11 is 6.00. The number of carboxylic acid groups (broad SMARTS) is 1. The van der Waals surface area contributed by atoms with E-state index in [2.05, 4.69) is 31.9 Å². The van der Waals surface area contributed by atoms with E-state index >= 15 is 0 Å². The molecule has 118 valence electrons. The van der Waals surface area contributed by atoms with E-state index in [-0.39, 0.29) is 11.6 Å². The lowest BCUT2D eigenvalue weighted by Crippen LogP contribution is -2.09. The fraction of sp³-hybridized carbons (Fsp3) is 0.0714. The minimum atomic E-state index is -1.07. The Labute approximate surface area is 141 Å². The van der Waals surface area contributed by atoms with Crippen LogP contribution in [-0.2, 0) is 4.79 Å². The molecule has 0 spiro atoms. The molecule has 8 heteroatoms. The van der Waals surface area contributed by atoms with E-state index in [4.69, 9.17) is 14.9 Å². The summed E-state index contributed by atoms with van der Waals surface area (Å²) in [7, 11) is 0. The zero-order valence-electron chi connectivity index (χ0n) is 10.9. The van der Waals surface area contributed by atoms with E-state index in [1.807, 2.05) is 0 Å². The van der Waals surface area contributed by atoms with Crippen molar-refractivity contribution >= 4 is 37.8 Å². The van der Waals surface area contributed by atoms with Crippen molar-refractivity contribution < 1.29 is 28.5 Å². The van der Waals surface area contributed by atoms with Gasteiger partial charge in [0.2, 0.25) is 0 Å². The Balaban J connectivity index is 0.000000235. The summed E-state index contributed by atoms with van der Waals surface area (Å²) in [5.41, 5.74) is 0. The fourth-order valence-corrected chi connectivity index (χ4v) is 2.03. The number of aliphatic carboxylic acids is 1. The Morgan fingerprint density at radius 1 is 1.05 bits per heavy atom. The molecule has 0 atom stereocenters. The minimum absolute atomic E-state index is 0.0522. The van der Waals surface area contributed by atoms with Crippen molar-refractivity contribution in [2.45, 2.75) is 0 Å². The maximum Gasteiger partial charge on any atom is 0.341 e. The van der Waals surface area contributed by atoms with Crippen LogP contribution in [0, 0.1) is 11.6 Å². The molecular weight excluding hydrogens is 430 g/mol. The van der Waals surface area contributed by atoms with E-state index in [9.17, 15) is 13.6 Å². The Morgan fingerprint density at radius 2 is 1.59 bits per heavy atom. The van der Waals surface area contributed by atoms with Crippen molar-refractivity contribution in [3.63, 3.8) is 0 Å². The number of benzene rings is 2. The van der Waals surface area contributed by atoms with Crippen LogP contribution in [0.1, 0.15) is 0 Å². The Hall–Kier alpha value is -1.67. The van der Waals surface area contributed by atoms with Crippen LogP contribution in [0.2, 0.25) is 0 Å². The van der Waals surface area contributed by atoms with Gasteiger partial charge < -0.3 is 14.9 Å². The highest BCUT2D eigenvalue weighted by Gasteiger charge is 2.04. The quantitative estimate of drug-likeness (QED) is 0.746. The van der Waals surface area contributed by atoms with E-state index in [1.165, 1.54) is 36.4 Å². The SMILES string of the molecule is O=C(O)COc1ccc(F)cc1Br.Oc1ccc(F)cc1Br. The minimum Gasteiger partial charge on any atom is -0.507 e. The zero-order valence-corrected chi connectivity index (χ0v) is 14.1. The Morgan fingerprint density at radius 3 is 2.05 bits per heavy atom. The molecule has 0 unspecified atom stereocenters. The van der Waals surface area contributed by atoms with Gasteiger partial charge in [-0.3, -0.25) is 0 Å². The monoisotopic (exact) mass is 438 g/mol. The highest BCUT2D eigenvalue weighted by molar-refractivity contribution is 9.10. The topological polar surface area (TPSA) is 66.8 Å². The van der Waals surface area contributed by atoms with Crippen molar-refractivity contribution in [1.29, 1.82) is 0 Å². The molecule has 0 aromatic heterocycles. The van der Waals surface area contributed by atoms with Gasteiger partial charge in [0.05, 0.1) is 8.95 Å². The third kappa shape index (κ3) is 6.40. The third-order valence-electron chi connectivity index (χ3n) is 2.15. The third-order valence-corrected chi connectivity index (χ3v) is 3.41. The molecule has 0 saturated carbocycles. The number of rotatable bonds is 3. The number of carboxylic acids is 1. The molecule has 0 fully saturated rings. The van der Waals surface area contributed by atoms with E-state index in [0.717, 1.165) is 0 Å². The van der Waals surface area contributed by atoms with Crippen molar-refractivity contribution in [3.8, 4) is 11.5 Å². The van der Waals surface area contributed by atoms with Crippen LogP contribution in [0.5, 0.6) is 11.5 Å². The molecule has 0 saturated heterocycles. The van der Waals surface area contributed by atoms with Gasteiger partial charge >= 0.3 is 5.97 Å². The first-order valence-corrected chi connectivity index (χ1v) is 7.32. The van der Waals surface area contributed by atoms with Gasteiger partial charge in [0.25, 0.3) is 0 Å². The van der Waals surface area contributed by atoms with E-state index < -0.39 is 18.4 Å². The van der Waals surface area contributed by atoms with E-state index in [1.54, 1.807) is 0 Å². The predicted octanol–water partition coefficient (Wildman–Crippen LogP) is 4.35. The number of phenols is 1. The average Bonchev–Trinajstić information content (AvgIpc) is 2.43. The van der Waals surface area contributed by atoms with Crippen LogP contribution in [0.3, 0.4) is 0 Å². The molecule has 2 aromatic rings. The molecule has 0 heterocycles. The van der Waals surface area contributed by atoms with E-state index in [0.29, 0.717) is 14.7 Å². The maximum atomic E-state index is 12.5. The summed E-state index contributed by atoms with van der Waals surface area (Å²) in [5, 5.41) is 17.1. The fourth-order valence-electron chi connectivity index (χ4n) is 1.21. The molecule has 2 N–H and O–H groups in total. The van der Waals surface area contributed by atoms with Crippen molar-refractivity contribution in [1.82, 2.24) is 0 Å². The summed E-state index contributed by atoms with van der Waals surface area (Å²) in [6, 6.07) is 7.45. The summed E-state index contributed by atoms with van der Waals surface area (Å²) < 4.78 is 30.4. The molecule has 2 aromatic carbocycles. The molecule has 0 aliphatic heterocycles. The maximum absolute atomic E-state index is 12.5. The second kappa shape index (κ2) is 8.70. The van der Waals surface area contributed by atoms with Crippen LogP contribution in [0.15, 0.2) is 45.3 Å². The van der Waals surface area contributed by atoms with Crippen LogP contribution in [0.25, 0.3) is 0 Å². The molecule has 2 rings (SSSR count). The highest BCUT2D eigenvalue weighted by atomic mass is 79.9. The molecular formula is C14H10Br2F2O4. The van der Waals surface area contributed by atoms with Gasteiger partial charge in [0.15, 0.2) is 6.61 Å².